The summed E-state index contributed by atoms with van der Waals surface area (Å²) in [6.07, 6.45) is 4.01. The normalized spacial score (nSPS) is 14.2. The van der Waals surface area contributed by atoms with Crippen molar-refractivity contribution in [1.82, 2.24) is 0 Å². The summed E-state index contributed by atoms with van der Waals surface area (Å²) in [6.45, 7) is 2.04. The van der Waals surface area contributed by atoms with Gasteiger partial charge in [-0.2, -0.15) is 8.42 Å². The SMILES string of the molecule is CCCC(CCCCCO)S(=O)(=O)O. The number of aliphatic hydroxyl groups is 1. The van der Waals surface area contributed by atoms with Gasteiger partial charge in [-0.1, -0.05) is 26.2 Å². The number of aliphatic hydroxyl groups excluding tert-OH is 1. The van der Waals surface area contributed by atoms with Crippen molar-refractivity contribution in [3.8, 4) is 0 Å². The van der Waals surface area contributed by atoms with Crippen LogP contribution in [0.25, 0.3) is 0 Å². The Morgan fingerprint density at radius 1 is 1.14 bits per heavy atom. The van der Waals surface area contributed by atoms with E-state index in [-0.39, 0.29) is 6.61 Å². The average molecular weight is 224 g/mol. The van der Waals surface area contributed by atoms with Gasteiger partial charge < -0.3 is 5.11 Å². The zero-order chi connectivity index (χ0) is 11.0. The molecule has 0 aromatic rings. The number of hydrogen-bond donors (Lipinski definition) is 2. The molecule has 0 aliphatic heterocycles. The highest BCUT2D eigenvalue weighted by molar-refractivity contribution is 7.86. The van der Waals surface area contributed by atoms with E-state index in [1.54, 1.807) is 0 Å². The first kappa shape index (κ1) is 13.9. The molecule has 4 nitrogen and oxygen atoms in total. The van der Waals surface area contributed by atoms with E-state index in [0.717, 1.165) is 19.3 Å². The fourth-order valence-corrected chi connectivity index (χ4v) is 2.42. The van der Waals surface area contributed by atoms with Gasteiger partial charge in [-0.05, 0) is 19.3 Å². The molecule has 5 heteroatoms. The van der Waals surface area contributed by atoms with Crippen LogP contribution in [0, 0.1) is 0 Å². The molecule has 14 heavy (non-hydrogen) atoms. The van der Waals surface area contributed by atoms with Gasteiger partial charge in [-0.15, -0.1) is 0 Å². The van der Waals surface area contributed by atoms with Crippen LogP contribution < -0.4 is 0 Å². The summed E-state index contributed by atoms with van der Waals surface area (Å²) in [5, 5.41) is 7.91. The van der Waals surface area contributed by atoms with Crippen molar-refractivity contribution < 1.29 is 18.1 Å². The molecule has 0 radical (unpaired) electrons. The summed E-state index contributed by atoms with van der Waals surface area (Å²) in [6, 6.07) is 0. The van der Waals surface area contributed by atoms with Gasteiger partial charge in [0.05, 0.1) is 5.25 Å². The van der Waals surface area contributed by atoms with Crippen molar-refractivity contribution in [2.24, 2.45) is 0 Å². The molecule has 0 aromatic carbocycles. The van der Waals surface area contributed by atoms with Gasteiger partial charge in [-0.25, -0.2) is 0 Å². The summed E-state index contributed by atoms with van der Waals surface area (Å²) in [5.74, 6) is 0. The topological polar surface area (TPSA) is 74.6 Å². The smallest absolute Gasteiger partial charge is 0.267 e. The Morgan fingerprint density at radius 3 is 2.21 bits per heavy atom. The Kier molecular flexibility index (Phi) is 7.13. The number of hydrogen-bond acceptors (Lipinski definition) is 3. The molecule has 0 heterocycles. The standard InChI is InChI=1S/C9H20O4S/c1-2-6-9(14(11,12)13)7-4-3-5-8-10/h9-10H,2-8H2,1H3,(H,11,12,13). The molecule has 0 saturated heterocycles. The van der Waals surface area contributed by atoms with E-state index in [4.69, 9.17) is 9.66 Å². The van der Waals surface area contributed by atoms with Crippen molar-refractivity contribution >= 4 is 10.1 Å². The van der Waals surface area contributed by atoms with Crippen LogP contribution in [0.15, 0.2) is 0 Å². The maximum absolute atomic E-state index is 10.9. The largest absolute Gasteiger partial charge is 0.396 e. The first-order chi connectivity index (χ1) is 6.52. The lowest BCUT2D eigenvalue weighted by atomic mass is 10.1. The van der Waals surface area contributed by atoms with E-state index in [1.165, 1.54) is 0 Å². The number of unbranched alkanes of at least 4 members (excludes halogenated alkanes) is 2. The van der Waals surface area contributed by atoms with Crippen molar-refractivity contribution in [1.29, 1.82) is 0 Å². The summed E-state index contributed by atoms with van der Waals surface area (Å²) in [7, 11) is -3.88. The minimum atomic E-state index is -3.88. The predicted molar refractivity (Wildman–Crippen MR) is 55.8 cm³/mol. The summed E-state index contributed by atoms with van der Waals surface area (Å²) >= 11 is 0. The van der Waals surface area contributed by atoms with Crippen LogP contribution in [0.5, 0.6) is 0 Å². The quantitative estimate of drug-likeness (QED) is 0.485. The molecule has 0 aromatic heterocycles. The second kappa shape index (κ2) is 7.20. The van der Waals surface area contributed by atoms with E-state index in [9.17, 15) is 8.42 Å². The number of rotatable bonds is 8. The molecule has 1 atom stereocenters. The second-order valence-corrected chi connectivity index (χ2v) is 5.20. The van der Waals surface area contributed by atoms with Crippen molar-refractivity contribution in [3.63, 3.8) is 0 Å². The van der Waals surface area contributed by atoms with Gasteiger partial charge in [-0.3, -0.25) is 4.55 Å². The fourth-order valence-electron chi connectivity index (χ4n) is 1.42. The highest BCUT2D eigenvalue weighted by Crippen LogP contribution is 2.15. The molecule has 0 spiro atoms. The molecule has 0 rings (SSSR count). The van der Waals surface area contributed by atoms with Crippen molar-refractivity contribution in [2.75, 3.05) is 6.61 Å². The Balaban J connectivity index is 3.87. The minimum Gasteiger partial charge on any atom is -0.396 e. The Hall–Kier alpha value is -0.130. The van der Waals surface area contributed by atoms with Crippen LogP contribution in [0.4, 0.5) is 0 Å². The van der Waals surface area contributed by atoms with Gasteiger partial charge in [0.2, 0.25) is 0 Å². The molecular weight excluding hydrogens is 204 g/mol. The lowest BCUT2D eigenvalue weighted by Gasteiger charge is -2.11. The maximum atomic E-state index is 10.9. The van der Waals surface area contributed by atoms with E-state index in [1.807, 2.05) is 6.92 Å². The first-order valence-corrected chi connectivity index (χ1v) is 6.59. The van der Waals surface area contributed by atoms with Crippen LogP contribution in [-0.4, -0.2) is 29.9 Å². The summed E-state index contributed by atoms with van der Waals surface area (Å²) in [4.78, 5) is 0. The molecule has 2 N–H and O–H groups in total. The second-order valence-electron chi connectivity index (χ2n) is 3.50. The summed E-state index contributed by atoms with van der Waals surface area (Å²) in [5.41, 5.74) is 0. The van der Waals surface area contributed by atoms with Crippen molar-refractivity contribution in [2.45, 2.75) is 50.7 Å². The predicted octanol–water partition coefficient (Wildman–Crippen LogP) is 1.60. The van der Waals surface area contributed by atoms with Crippen LogP contribution in [0.1, 0.15) is 45.4 Å². The molecule has 0 fully saturated rings. The monoisotopic (exact) mass is 224 g/mol. The molecule has 1 unspecified atom stereocenters. The minimum absolute atomic E-state index is 0.143. The van der Waals surface area contributed by atoms with Gasteiger partial charge >= 0.3 is 0 Å². The van der Waals surface area contributed by atoms with E-state index >= 15 is 0 Å². The lowest BCUT2D eigenvalue weighted by molar-refractivity contribution is 0.282. The van der Waals surface area contributed by atoms with E-state index < -0.39 is 15.4 Å². The van der Waals surface area contributed by atoms with E-state index in [2.05, 4.69) is 0 Å². The molecular formula is C9H20O4S. The third-order valence-electron chi connectivity index (χ3n) is 2.22. The van der Waals surface area contributed by atoms with Crippen molar-refractivity contribution in [3.05, 3.63) is 0 Å². The van der Waals surface area contributed by atoms with E-state index in [0.29, 0.717) is 19.3 Å². The zero-order valence-electron chi connectivity index (χ0n) is 8.65. The molecule has 0 amide bonds. The Morgan fingerprint density at radius 2 is 1.79 bits per heavy atom. The highest BCUT2D eigenvalue weighted by atomic mass is 32.2. The Bertz CT molecular complexity index is 223. The summed E-state index contributed by atoms with van der Waals surface area (Å²) < 4.78 is 30.7. The fraction of sp³-hybridized carbons (Fsp3) is 1.00. The molecule has 0 aliphatic carbocycles. The Labute approximate surface area is 86.1 Å². The third-order valence-corrected chi connectivity index (χ3v) is 3.53. The third kappa shape index (κ3) is 6.34. The molecule has 0 aliphatic rings. The first-order valence-electron chi connectivity index (χ1n) is 5.09. The van der Waals surface area contributed by atoms with Gasteiger partial charge in [0.1, 0.15) is 0 Å². The van der Waals surface area contributed by atoms with Gasteiger partial charge in [0.15, 0.2) is 0 Å². The zero-order valence-corrected chi connectivity index (χ0v) is 9.46. The van der Waals surface area contributed by atoms with Crippen LogP contribution in [0.2, 0.25) is 0 Å². The van der Waals surface area contributed by atoms with Crippen LogP contribution >= 0.6 is 0 Å². The molecule has 86 valence electrons. The average Bonchev–Trinajstić information content (AvgIpc) is 2.08. The lowest BCUT2D eigenvalue weighted by Crippen LogP contribution is -2.20. The highest BCUT2D eigenvalue weighted by Gasteiger charge is 2.20. The van der Waals surface area contributed by atoms with Crippen LogP contribution in [0.3, 0.4) is 0 Å². The maximum Gasteiger partial charge on any atom is 0.267 e. The van der Waals surface area contributed by atoms with Gasteiger partial charge in [0.25, 0.3) is 10.1 Å². The molecule has 0 saturated carbocycles. The van der Waals surface area contributed by atoms with Crippen LogP contribution in [-0.2, 0) is 10.1 Å². The van der Waals surface area contributed by atoms with Gasteiger partial charge in [0, 0.05) is 6.61 Å². The molecule has 0 bridgehead atoms.